The topological polar surface area (TPSA) is 63.6 Å². The van der Waals surface area contributed by atoms with E-state index in [0.29, 0.717) is 0 Å². The van der Waals surface area contributed by atoms with Gasteiger partial charge in [-0.05, 0) is 18.3 Å². The van der Waals surface area contributed by atoms with Crippen molar-refractivity contribution in [3.8, 4) is 0 Å². The molecule has 0 aromatic heterocycles. The largest absolute Gasteiger partial charge is 0.478 e. The van der Waals surface area contributed by atoms with E-state index in [-0.39, 0.29) is 17.9 Å². The zero-order valence-electron chi connectivity index (χ0n) is 11.9. The van der Waals surface area contributed by atoms with Crippen LogP contribution in [0, 0.1) is 11.3 Å². The number of rotatable bonds is 5. The number of hydrogen-bond acceptors (Lipinski definition) is 3. The zero-order valence-corrected chi connectivity index (χ0v) is 11.9. The molecule has 0 heterocycles. The Balaban J connectivity index is 2.57. The second-order valence-corrected chi connectivity index (χ2v) is 5.67. The number of carboxylic acids is 1. The molecule has 0 aromatic carbocycles. The lowest BCUT2D eigenvalue weighted by Crippen LogP contribution is -2.25. The molecule has 0 amide bonds. The molecule has 0 fully saturated rings. The number of carbonyl (C=O) groups excluding carboxylic acids is 1. The maximum atomic E-state index is 11.4. The van der Waals surface area contributed by atoms with Crippen LogP contribution in [0.1, 0.15) is 26.7 Å². The Morgan fingerprint density at radius 3 is 2.85 bits per heavy atom. The van der Waals surface area contributed by atoms with Gasteiger partial charge in [-0.2, -0.15) is 0 Å². The van der Waals surface area contributed by atoms with Crippen molar-refractivity contribution in [2.24, 2.45) is 11.3 Å². The SMILES string of the molecule is C=CC1=CC(COC(=O)C=C=CC(=O)O)CC(C)(C)C1. The first-order valence-corrected chi connectivity index (χ1v) is 6.48. The summed E-state index contributed by atoms with van der Waals surface area (Å²) in [4.78, 5) is 21.6. The molecule has 20 heavy (non-hydrogen) atoms. The number of hydrogen-bond donors (Lipinski definition) is 1. The van der Waals surface area contributed by atoms with Crippen molar-refractivity contribution in [3.05, 3.63) is 42.2 Å². The molecule has 1 unspecified atom stereocenters. The van der Waals surface area contributed by atoms with E-state index in [1.165, 1.54) is 5.57 Å². The molecule has 0 aliphatic heterocycles. The third kappa shape index (κ3) is 5.72. The third-order valence-electron chi connectivity index (χ3n) is 3.06. The number of ether oxygens (including phenoxy) is 1. The van der Waals surface area contributed by atoms with Gasteiger partial charge >= 0.3 is 11.9 Å². The molecule has 4 nitrogen and oxygen atoms in total. The minimum absolute atomic E-state index is 0.160. The maximum absolute atomic E-state index is 11.4. The first-order valence-electron chi connectivity index (χ1n) is 6.48. The Labute approximate surface area is 119 Å². The van der Waals surface area contributed by atoms with Gasteiger partial charge in [0.15, 0.2) is 0 Å². The highest BCUT2D eigenvalue weighted by Gasteiger charge is 2.28. The van der Waals surface area contributed by atoms with Crippen LogP contribution in [0.15, 0.2) is 42.2 Å². The Morgan fingerprint density at radius 1 is 1.55 bits per heavy atom. The first kappa shape index (κ1) is 16.0. The molecule has 1 aliphatic rings. The molecule has 4 heteroatoms. The van der Waals surface area contributed by atoms with Crippen LogP contribution in [0.25, 0.3) is 0 Å². The van der Waals surface area contributed by atoms with Crippen molar-refractivity contribution in [1.29, 1.82) is 0 Å². The molecule has 108 valence electrons. The normalized spacial score (nSPS) is 20.1. The molecule has 0 saturated heterocycles. The van der Waals surface area contributed by atoms with Crippen molar-refractivity contribution in [1.82, 2.24) is 0 Å². The van der Waals surface area contributed by atoms with E-state index in [2.05, 4.69) is 32.2 Å². The molecule has 1 rings (SSSR count). The van der Waals surface area contributed by atoms with Crippen molar-refractivity contribution in [3.63, 3.8) is 0 Å². The number of esters is 1. The van der Waals surface area contributed by atoms with E-state index in [4.69, 9.17) is 9.84 Å². The quantitative estimate of drug-likeness (QED) is 0.476. The van der Waals surface area contributed by atoms with Crippen molar-refractivity contribution >= 4 is 11.9 Å². The van der Waals surface area contributed by atoms with E-state index in [1.807, 2.05) is 6.08 Å². The highest BCUT2D eigenvalue weighted by atomic mass is 16.5. The van der Waals surface area contributed by atoms with Crippen LogP contribution in [0.5, 0.6) is 0 Å². The average Bonchev–Trinajstić information content (AvgIpc) is 2.34. The van der Waals surface area contributed by atoms with Crippen LogP contribution in [0.3, 0.4) is 0 Å². The predicted molar refractivity (Wildman–Crippen MR) is 76.0 cm³/mol. The molecule has 0 spiro atoms. The molecule has 0 radical (unpaired) electrons. The maximum Gasteiger partial charge on any atom is 0.338 e. The van der Waals surface area contributed by atoms with Crippen LogP contribution in [-0.2, 0) is 14.3 Å². The summed E-state index contributed by atoms with van der Waals surface area (Å²) in [6, 6.07) is 0. The molecular formula is C16H20O4. The van der Waals surface area contributed by atoms with E-state index in [1.54, 1.807) is 0 Å². The van der Waals surface area contributed by atoms with Gasteiger partial charge in [0.2, 0.25) is 0 Å². The minimum atomic E-state index is -1.15. The number of allylic oxidation sites excluding steroid dienone is 2. The zero-order chi connectivity index (χ0) is 15.2. The van der Waals surface area contributed by atoms with Crippen LogP contribution in [-0.4, -0.2) is 23.7 Å². The molecular weight excluding hydrogens is 256 g/mol. The van der Waals surface area contributed by atoms with Gasteiger partial charge in [-0.15, -0.1) is 5.73 Å². The van der Waals surface area contributed by atoms with Crippen LogP contribution >= 0.6 is 0 Å². The standard InChI is InChI=1S/C16H20O4/c1-4-12-8-13(10-16(2,3)9-12)11-20-15(19)7-5-6-14(17)18/h4,6-8,13H,1,9-11H2,2-3H3,(H,17,18). The Hall–Kier alpha value is -2.06. The lowest BCUT2D eigenvalue weighted by atomic mass is 9.73. The van der Waals surface area contributed by atoms with E-state index in [9.17, 15) is 9.59 Å². The van der Waals surface area contributed by atoms with Crippen LogP contribution in [0.2, 0.25) is 0 Å². The van der Waals surface area contributed by atoms with E-state index >= 15 is 0 Å². The molecule has 1 N–H and O–H groups in total. The fourth-order valence-corrected chi connectivity index (χ4v) is 2.41. The lowest BCUT2D eigenvalue weighted by molar-refractivity contribution is -0.139. The molecule has 1 atom stereocenters. The van der Waals surface area contributed by atoms with Gasteiger partial charge in [-0.1, -0.05) is 38.2 Å². The van der Waals surface area contributed by atoms with Gasteiger partial charge in [0.25, 0.3) is 0 Å². The van der Waals surface area contributed by atoms with Gasteiger partial charge in [-0.3, -0.25) is 0 Å². The Morgan fingerprint density at radius 2 is 2.25 bits per heavy atom. The second kappa shape index (κ2) is 6.92. The van der Waals surface area contributed by atoms with E-state index < -0.39 is 11.9 Å². The number of carbonyl (C=O) groups is 2. The average molecular weight is 276 g/mol. The molecule has 0 saturated carbocycles. The highest BCUT2D eigenvalue weighted by Crippen LogP contribution is 2.38. The van der Waals surface area contributed by atoms with Crippen LogP contribution in [0.4, 0.5) is 0 Å². The summed E-state index contributed by atoms with van der Waals surface area (Å²) < 4.78 is 5.10. The smallest absolute Gasteiger partial charge is 0.338 e. The fourth-order valence-electron chi connectivity index (χ4n) is 2.41. The summed E-state index contributed by atoms with van der Waals surface area (Å²) >= 11 is 0. The van der Waals surface area contributed by atoms with Crippen molar-refractivity contribution < 1.29 is 19.4 Å². The number of aliphatic carboxylic acids is 1. The van der Waals surface area contributed by atoms with Gasteiger partial charge in [-0.25, -0.2) is 9.59 Å². The van der Waals surface area contributed by atoms with Crippen molar-refractivity contribution in [2.75, 3.05) is 6.61 Å². The summed E-state index contributed by atoms with van der Waals surface area (Å²) in [5, 5.41) is 8.37. The summed E-state index contributed by atoms with van der Waals surface area (Å²) in [6.45, 7) is 8.42. The predicted octanol–water partition coefficient (Wildman–Crippen LogP) is 2.87. The van der Waals surface area contributed by atoms with Gasteiger partial charge < -0.3 is 9.84 Å². The molecule has 0 aromatic rings. The van der Waals surface area contributed by atoms with Crippen LogP contribution < -0.4 is 0 Å². The highest BCUT2D eigenvalue weighted by molar-refractivity contribution is 5.84. The monoisotopic (exact) mass is 276 g/mol. The van der Waals surface area contributed by atoms with Crippen molar-refractivity contribution in [2.45, 2.75) is 26.7 Å². The minimum Gasteiger partial charge on any atom is -0.478 e. The first-order chi connectivity index (χ1) is 9.32. The van der Waals surface area contributed by atoms with Gasteiger partial charge in [0, 0.05) is 5.92 Å². The van der Waals surface area contributed by atoms with Gasteiger partial charge in [0.05, 0.1) is 18.8 Å². The Kier molecular flexibility index (Phi) is 5.53. The summed E-state index contributed by atoms with van der Waals surface area (Å²) in [5.74, 6) is -1.58. The lowest BCUT2D eigenvalue weighted by Gasteiger charge is -2.33. The summed E-state index contributed by atoms with van der Waals surface area (Å²) in [7, 11) is 0. The van der Waals surface area contributed by atoms with Gasteiger partial charge in [0.1, 0.15) is 0 Å². The summed E-state index contributed by atoms with van der Waals surface area (Å²) in [5.41, 5.74) is 3.58. The Bertz CT molecular complexity index is 491. The second-order valence-electron chi connectivity index (χ2n) is 5.67. The third-order valence-corrected chi connectivity index (χ3v) is 3.06. The number of carboxylic acid groups (broad SMARTS) is 1. The molecule has 0 bridgehead atoms. The van der Waals surface area contributed by atoms with E-state index in [0.717, 1.165) is 25.0 Å². The summed E-state index contributed by atoms with van der Waals surface area (Å²) in [6.07, 6.45) is 7.59. The fraction of sp³-hybridized carbons (Fsp3) is 0.438. The molecule has 1 aliphatic carbocycles.